The monoisotopic (exact) mass is 258 g/mol. The number of carbonyl (C=O) groups excluding carboxylic acids is 1. The fourth-order valence-corrected chi connectivity index (χ4v) is 2.48. The molecular formula is C13H26N2O3. The Bertz CT molecular complexity index is 236. The van der Waals surface area contributed by atoms with E-state index in [1.54, 1.807) is 7.11 Å². The molecule has 1 fully saturated rings. The van der Waals surface area contributed by atoms with Gasteiger partial charge in [0.05, 0.1) is 13.2 Å². The van der Waals surface area contributed by atoms with Crippen LogP contribution in [0.25, 0.3) is 0 Å². The van der Waals surface area contributed by atoms with Gasteiger partial charge in [0.15, 0.2) is 0 Å². The second-order valence-electron chi connectivity index (χ2n) is 4.96. The molecule has 0 spiro atoms. The summed E-state index contributed by atoms with van der Waals surface area (Å²) in [6, 6.07) is 0. The molecule has 1 aliphatic carbocycles. The first-order valence-corrected chi connectivity index (χ1v) is 6.85. The normalized spacial score (nSPS) is 23.9. The predicted octanol–water partition coefficient (Wildman–Crippen LogP) is 0.137. The van der Waals surface area contributed by atoms with Gasteiger partial charge in [0, 0.05) is 26.8 Å². The molecule has 18 heavy (non-hydrogen) atoms. The van der Waals surface area contributed by atoms with E-state index in [-0.39, 0.29) is 12.5 Å². The number of carbonyl (C=O) groups is 1. The molecule has 5 nitrogen and oxygen atoms in total. The Balaban J connectivity index is 2.12. The van der Waals surface area contributed by atoms with Crippen LogP contribution in [0.2, 0.25) is 0 Å². The maximum atomic E-state index is 11.6. The zero-order valence-corrected chi connectivity index (χ0v) is 11.3. The fourth-order valence-electron chi connectivity index (χ4n) is 2.48. The lowest BCUT2D eigenvalue weighted by atomic mass is 9.79. The number of aliphatic hydroxyl groups excluding tert-OH is 1. The Morgan fingerprint density at radius 1 is 1.33 bits per heavy atom. The second kappa shape index (κ2) is 9.30. The van der Waals surface area contributed by atoms with E-state index in [1.807, 2.05) is 0 Å². The first-order valence-electron chi connectivity index (χ1n) is 6.85. The van der Waals surface area contributed by atoms with E-state index in [9.17, 15) is 9.90 Å². The standard InChI is InChI=1S/C13H26N2O3/c1-18-7-6-14-9-13(17)15-8-11-4-2-3-5-12(11)10-16/h11-12,14,16H,2-10H2,1H3,(H,15,17). The Hall–Kier alpha value is -0.650. The summed E-state index contributed by atoms with van der Waals surface area (Å²) in [6.07, 6.45) is 4.61. The molecular weight excluding hydrogens is 232 g/mol. The van der Waals surface area contributed by atoms with Gasteiger partial charge in [-0.2, -0.15) is 0 Å². The Morgan fingerprint density at radius 3 is 2.72 bits per heavy atom. The number of methoxy groups -OCH3 is 1. The molecule has 0 bridgehead atoms. The Morgan fingerprint density at radius 2 is 2.06 bits per heavy atom. The van der Waals surface area contributed by atoms with Gasteiger partial charge in [0.25, 0.3) is 0 Å². The van der Waals surface area contributed by atoms with E-state index >= 15 is 0 Å². The molecule has 2 unspecified atom stereocenters. The first kappa shape index (κ1) is 15.4. The topological polar surface area (TPSA) is 70.6 Å². The Kier molecular flexibility index (Phi) is 7.96. The van der Waals surface area contributed by atoms with Crippen LogP contribution in [0.4, 0.5) is 0 Å². The molecule has 5 heteroatoms. The number of aliphatic hydroxyl groups is 1. The van der Waals surface area contributed by atoms with E-state index in [1.165, 1.54) is 12.8 Å². The zero-order valence-electron chi connectivity index (χ0n) is 11.3. The third-order valence-electron chi connectivity index (χ3n) is 3.63. The van der Waals surface area contributed by atoms with Gasteiger partial charge in [-0.05, 0) is 24.7 Å². The van der Waals surface area contributed by atoms with Crippen LogP contribution in [0, 0.1) is 11.8 Å². The smallest absolute Gasteiger partial charge is 0.233 e. The molecule has 1 amide bonds. The third kappa shape index (κ3) is 5.80. The zero-order chi connectivity index (χ0) is 13.2. The average Bonchev–Trinajstić information content (AvgIpc) is 2.41. The third-order valence-corrected chi connectivity index (χ3v) is 3.63. The molecule has 106 valence electrons. The Labute approximate surface area is 109 Å². The summed E-state index contributed by atoms with van der Waals surface area (Å²) in [7, 11) is 1.64. The maximum Gasteiger partial charge on any atom is 0.233 e. The van der Waals surface area contributed by atoms with Crippen LogP contribution in [0.3, 0.4) is 0 Å². The van der Waals surface area contributed by atoms with Gasteiger partial charge in [0.1, 0.15) is 0 Å². The van der Waals surface area contributed by atoms with Crippen LogP contribution < -0.4 is 10.6 Å². The van der Waals surface area contributed by atoms with Crippen molar-refractivity contribution in [2.45, 2.75) is 25.7 Å². The number of amides is 1. The number of ether oxygens (including phenoxy) is 1. The summed E-state index contributed by atoms with van der Waals surface area (Å²) in [6.45, 7) is 2.57. The number of rotatable bonds is 8. The van der Waals surface area contributed by atoms with Crippen molar-refractivity contribution in [1.82, 2.24) is 10.6 Å². The van der Waals surface area contributed by atoms with Gasteiger partial charge in [0.2, 0.25) is 5.91 Å². The minimum Gasteiger partial charge on any atom is -0.396 e. The van der Waals surface area contributed by atoms with E-state index in [2.05, 4.69) is 10.6 Å². The molecule has 0 aliphatic heterocycles. The molecule has 3 N–H and O–H groups in total. The largest absolute Gasteiger partial charge is 0.396 e. The van der Waals surface area contributed by atoms with Gasteiger partial charge in [-0.3, -0.25) is 4.79 Å². The van der Waals surface area contributed by atoms with Crippen molar-refractivity contribution in [1.29, 1.82) is 0 Å². The number of hydrogen-bond acceptors (Lipinski definition) is 4. The lowest BCUT2D eigenvalue weighted by molar-refractivity contribution is -0.120. The number of hydrogen-bond donors (Lipinski definition) is 3. The van der Waals surface area contributed by atoms with E-state index < -0.39 is 0 Å². The summed E-state index contributed by atoms with van der Waals surface area (Å²) in [5.41, 5.74) is 0. The molecule has 1 saturated carbocycles. The van der Waals surface area contributed by atoms with Gasteiger partial charge >= 0.3 is 0 Å². The van der Waals surface area contributed by atoms with Crippen LogP contribution in [0.1, 0.15) is 25.7 Å². The van der Waals surface area contributed by atoms with Crippen LogP contribution in [0.15, 0.2) is 0 Å². The van der Waals surface area contributed by atoms with Crippen LogP contribution in [-0.2, 0) is 9.53 Å². The van der Waals surface area contributed by atoms with Crippen LogP contribution in [-0.4, -0.2) is 51.0 Å². The highest BCUT2D eigenvalue weighted by atomic mass is 16.5. The fraction of sp³-hybridized carbons (Fsp3) is 0.923. The second-order valence-corrected chi connectivity index (χ2v) is 4.96. The lowest BCUT2D eigenvalue weighted by Gasteiger charge is -2.30. The molecule has 0 heterocycles. The van der Waals surface area contributed by atoms with Crippen molar-refractivity contribution < 1.29 is 14.6 Å². The van der Waals surface area contributed by atoms with Crippen molar-refractivity contribution in [2.24, 2.45) is 11.8 Å². The molecule has 0 aromatic heterocycles. The van der Waals surface area contributed by atoms with Gasteiger partial charge in [-0.1, -0.05) is 12.8 Å². The summed E-state index contributed by atoms with van der Waals surface area (Å²) in [4.78, 5) is 11.6. The molecule has 1 aliphatic rings. The SMILES string of the molecule is COCCNCC(=O)NCC1CCCCC1CO. The van der Waals surface area contributed by atoms with E-state index in [0.29, 0.717) is 38.1 Å². The minimum absolute atomic E-state index is 0.0216. The van der Waals surface area contributed by atoms with Crippen molar-refractivity contribution in [3.8, 4) is 0 Å². The van der Waals surface area contributed by atoms with Crippen molar-refractivity contribution in [3.05, 3.63) is 0 Å². The number of nitrogens with one attached hydrogen (secondary N) is 2. The van der Waals surface area contributed by atoms with Crippen molar-refractivity contribution in [3.63, 3.8) is 0 Å². The molecule has 2 atom stereocenters. The first-order chi connectivity index (χ1) is 8.77. The lowest BCUT2D eigenvalue weighted by Crippen LogP contribution is -2.40. The summed E-state index contributed by atoms with van der Waals surface area (Å²) >= 11 is 0. The minimum atomic E-state index is 0.0216. The van der Waals surface area contributed by atoms with Crippen LogP contribution >= 0.6 is 0 Å². The van der Waals surface area contributed by atoms with Crippen molar-refractivity contribution in [2.75, 3.05) is 40.0 Å². The van der Waals surface area contributed by atoms with E-state index in [0.717, 1.165) is 12.8 Å². The van der Waals surface area contributed by atoms with Crippen LogP contribution in [0.5, 0.6) is 0 Å². The quantitative estimate of drug-likeness (QED) is 0.542. The highest BCUT2D eigenvalue weighted by molar-refractivity contribution is 5.77. The molecule has 0 saturated heterocycles. The summed E-state index contributed by atoms with van der Waals surface area (Å²) in [5, 5.41) is 15.2. The van der Waals surface area contributed by atoms with Gasteiger partial charge in [-0.25, -0.2) is 0 Å². The summed E-state index contributed by atoms with van der Waals surface area (Å²) < 4.78 is 4.89. The average molecular weight is 258 g/mol. The highest BCUT2D eigenvalue weighted by Gasteiger charge is 2.24. The molecule has 0 radical (unpaired) electrons. The van der Waals surface area contributed by atoms with Crippen molar-refractivity contribution >= 4 is 5.91 Å². The molecule has 1 rings (SSSR count). The highest BCUT2D eigenvalue weighted by Crippen LogP contribution is 2.28. The molecule has 0 aromatic carbocycles. The maximum absolute atomic E-state index is 11.6. The van der Waals surface area contributed by atoms with Gasteiger partial charge in [-0.15, -0.1) is 0 Å². The van der Waals surface area contributed by atoms with Gasteiger partial charge < -0.3 is 20.5 Å². The predicted molar refractivity (Wildman–Crippen MR) is 70.3 cm³/mol. The van der Waals surface area contributed by atoms with E-state index in [4.69, 9.17) is 4.74 Å². The molecule has 0 aromatic rings. The summed E-state index contributed by atoms with van der Waals surface area (Å²) in [5.74, 6) is 0.820.